The first-order chi connectivity index (χ1) is 6.62. The Morgan fingerprint density at radius 2 is 2.07 bits per heavy atom. The smallest absolute Gasteiger partial charge is 0.237 e. The molecule has 15 heavy (non-hydrogen) atoms. The summed E-state index contributed by atoms with van der Waals surface area (Å²) in [6.07, 6.45) is 1.08. The van der Waals surface area contributed by atoms with Crippen LogP contribution >= 0.6 is 15.9 Å². The number of carbonyl (C=O) groups is 1. The second kappa shape index (κ2) is 4.05. The van der Waals surface area contributed by atoms with Crippen LogP contribution in [0.15, 0.2) is 0 Å². The fourth-order valence-corrected chi connectivity index (χ4v) is 2.73. The van der Waals surface area contributed by atoms with Gasteiger partial charge in [-0.3, -0.25) is 4.79 Å². The molecule has 0 aliphatic carbocycles. The molecule has 0 aromatic rings. The lowest BCUT2D eigenvalue weighted by Gasteiger charge is -2.20. The molecule has 88 valence electrons. The molecule has 0 aromatic heterocycles. The first kappa shape index (κ1) is 13.0. The topological polar surface area (TPSA) is 54.5 Å². The normalized spacial score (nSPS) is 25.6. The lowest BCUT2D eigenvalue weighted by atomic mass is 9.93. The van der Waals surface area contributed by atoms with Gasteiger partial charge in [0.1, 0.15) is 5.75 Å². The number of hydrogen-bond donors (Lipinski definition) is 0. The molecule has 0 bridgehead atoms. The van der Waals surface area contributed by atoms with Gasteiger partial charge in [-0.1, -0.05) is 29.8 Å². The Morgan fingerprint density at radius 1 is 1.53 bits per heavy atom. The summed E-state index contributed by atoms with van der Waals surface area (Å²) in [6.45, 7) is 5.30. The van der Waals surface area contributed by atoms with Crippen molar-refractivity contribution in [3.05, 3.63) is 0 Å². The molecular formula is C9H16BrNO3S. The van der Waals surface area contributed by atoms with Gasteiger partial charge >= 0.3 is 0 Å². The van der Waals surface area contributed by atoms with Gasteiger partial charge in [-0.05, 0) is 5.41 Å². The van der Waals surface area contributed by atoms with E-state index in [0.717, 1.165) is 6.26 Å². The quantitative estimate of drug-likeness (QED) is 0.704. The van der Waals surface area contributed by atoms with E-state index < -0.39 is 9.84 Å². The maximum Gasteiger partial charge on any atom is 0.237 e. The Hall–Kier alpha value is -0.100. The average molecular weight is 298 g/mol. The Balaban J connectivity index is 2.66. The van der Waals surface area contributed by atoms with E-state index in [1.165, 1.54) is 0 Å². The van der Waals surface area contributed by atoms with E-state index in [-0.39, 0.29) is 21.9 Å². The van der Waals surface area contributed by atoms with Crippen LogP contribution in [-0.2, 0) is 14.6 Å². The zero-order valence-corrected chi connectivity index (χ0v) is 11.6. The van der Waals surface area contributed by atoms with Crippen molar-refractivity contribution in [2.24, 2.45) is 5.41 Å². The third-order valence-corrected chi connectivity index (χ3v) is 4.87. The molecule has 0 spiro atoms. The number of carbonyl (C=O) groups excluding carboxylic acids is 1. The Kier molecular flexibility index (Phi) is 3.50. The molecule has 1 rings (SSSR count). The van der Waals surface area contributed by atoms with Gasteiger partial charge in [0, 0.05) is 24.2 Å². The molecule has 4 nitrogen and oxygen atoms in total. The van der Waals surface area contributed by atoms with Gasteiger partial charge in [0.2, 0.25) is 5.91 Å². The van der Waals surface area contributed by atoms with E-state index >= 15 is 0 Å². The summed E-state index contributed by atoms with van der Waals surface area (Å²) < 4.78 is 22.0. The van der Waals surface area contributed by atoms with Crippen LogP contribution in [0.5, 0.6) is 0 Å². The maximum absolute atomic E-state index is 11.6. The van der Waals surface area contributed by atoms with Gasteiger partial charge < -0.3 is 4.90 Å². The van der Waals surface area contributed by atoms with Crippen molar-refractivity contribution >= 4 is 31.7 Å². The fraction of sp³-hybridized carbons (Fsp3) is 0.889. The summed E-state index contributed by atoms with van der Waals surface area (Å²) >= 11 is 3.50. The van der Waals surface area contributed by atoms with Crippen LogP contribution in [0.1, 0.15) is 13.8 Å². The number of hydrogen-bond acceptors (Lipinski definition) is 3. The summed E-state index contributed by atoms with van der Waals surface area (Å²) in [7, 11) is -3.22. The van der Waals surface area contributed by atoms with Crippen molar-refractivity contribution in [1.82, 2.24) is 4.90 Å². The average Bonchev–Trinajstić information content (AvgIpc) is 2.23. The van der Waals surface area contributed by atoms with Crippen LogP contribution in [0.4, 0.5) is 0 Å². The van der Waals surface area contributed by atoms with Gasteiger partial charge in [0.25, 0.3) is 0 Å². The van der Waals surface area contributed by atoms with E-state index in [1.807, 2.05) is 0 Å². The molecule has 6 heteroatoms. The van der Waals surface area contributed by atoms with Gasteiger partial charge in [-0.2, -0.15) is 0 Å². The van der Waals surface area contributed by atoms with Crippen molar-refractivity contribution in [2.75, 3.05) is 25.1 Å². The zero-order valence-electron chi connectivity index (χ0n) is 9.16. The summed E-state index contributed by atoms with van der Waals surface area (Å²) in [6, 6.07) is 0. The maximum atomic E-state index is 11.6. The van der Waals surface area contributed by atoms with Crippen molar-refractivity contribution in [1.29, 1.82) is 0 Å². The minimum atomic E-state index is -3.22. The Morgan fingerprint density at radius 3 is 2.40 bits per heavy atom. The van der Waals surface area contributed by atoms with Gasteiger partial charge in [-0.15, -0.1) is 0 Å². The number of amides is 1. The number of sulfone groups is 1. The third-order valence-electron chi connectivity index (χ3n) is 2.57. The number of likely N-dealkylation sites (tertiary alicyclic amines) is 1. The molecule has 1 unspecified atom stereocenters. The third kappa shape index (κ3) is 3.45. The predicted molar refractivity (Wildman–Crippen MR) is 62.8 cm³/mol. The number of rotatable bonds is 2. The van der Waals surface area contributed by atoms with Gasteiger partial charge in [0.05, 0.1) is 0 Å². The number of halogens is 1. The van der Waals surface area contributed by atoms with Gasteiger partial charge in [-0.25, -0.2) is 8.42 Å². The molecule has 1 fully saturated rings. The first-order valence-electron chi connectivity index (χ1n) is 4.71. The predicted octanol–water partition coefficient (Wildman–Crippen LogP) is 0.663. The minimum Gasteiger partial charge on any atom is -0.340 e. The largest absolute Gasteiger partial charge is 0.340 e. The van der Waals surface area contributed by atoms with E-state index in [1.54, 1.807) is 4.90 Å². The van der Waals surface area contributed by atoms with E-state index in [9.17, 15) is 13.2 Å². The summed E-state index contributed by atoms with van der Waals surface area (Å²) in [4.78, 5) is 13.5. The summed E-state index contributed by atoms with van der Waals surface area (Å²) in [5, 5.41) is 0. The molecule has 1 aliphatic heterocycles. The molecule has 1 aliphatic rings. The highest BCUT2D eigenvalue weighted by molar-refractivity contribution is 9.09. The Bertz CT molecular complexity index is 364. The van der Waals surface area contributed by atoms with Crippen LogP contribution in [0.25, 0.3) is 0 Å². The molecule has 0 aromatic carbocycles. The van der Waals surface area contributed by atoms with Crippen molar-refractivity contribution < 1.29 is 13.2 Å². The zero-order chi connectivity index (χ0) is 11.9. The van der Waals surface area contributed by atoms with E-state index in [0.29, 0.717) is 13.1 Å². The molecule has 1 heterocycles. The molecule has 0 N–H and O–H groups in total. The van der Waals surface area contributed by atoms with E-state index in [2.05, 4.69) is 29.8 Å². The standard InChI is InChI=1S/C9H16BrNO3S/c1-9(2)6-11(4-7(9)10)8(12)5-15(3,13)14/h7H,4-6H2,1-3H3. The summed E-state index contributed by atoms with van der Waals surface area (Å²) in [5.41, 5.74) is 0.00711. The second-order valence-electron chi connectivity index (χ2n) is 4.80. The highest BCUT2D eigenvalue weighted by Gasteiger charge is 2.40. The first-order valence-corrected chi connectivity index (χ1v) is 7.69. The molecule has 1 saturated heterocycles. The van der Waals surface area contributed by atoms with Crippen molar-refractivity contribution in [3.63, 3.8) is 0 Å². The molecule has 1 amide bonds. The van der Waals surface area contributed by atoms with Crippen LogP contribution in [-0.4, -0.2) is 49.2 Å². The van der Waals surface area contributed by atoms with Crippen LogP contribution < -0.4 is 0 Å². The number of alkyl halides is 1. The lowest BCUT2D eigenvalue weighted by molar-refractivity contribution is -0.127. The van der Waals surface area contributed by atoms with Gasteiger partial charge in [0.15, 0.2) is 9.84 Å². The molecular weight excluding hydrogens is 282 g/mol. The fourth-order valence-electron chi connectivity index (χ4n) is 1.60. The highest BCUT2D eigenvalue weighted by atomic mass is 79.9. The number of nitrogens with zero attached hydrogens (tertiary/aromatic N) is 1. The van der Waals surface area contributed by atoms with Crippen LogP contribution in [0.2, 0.25) is 0 Å². The molecule has 1 atom stereocenters. The van der Waals surface area contributed by atoms with Crippen LogP contribution in [0, 0.1) is 5.41 Å². The van der Waals surface area contributed by atoms with Crippen LogP contribution in [0.3, 0.4) is 0 Å². The second-order valence-corrected chi connectivity index (χ2v) is 8.05. The van der Waals surface area contributed by atoms with E-state index in [4.69, 9.17) is 0 Å². The Labute approximate surface area is 99.1 Å². The SMILES string of the molecule is CC1(C)CN(C(=O)CS(C)(=O)=O)CC1Br. The monoisotopic (exact) mass is 297 g/mol. The minimum absolute atomic E-state index is 0.00711. The molecule has 0 saturated carbocycles. The lowest BCUT2D eigenvalue weighted by Crippen LogP contribution is -2.34. The van der Waals surface area contributed by atoms with Crippen molar-refractivity contribution in [3.8, 4) is 0 Å². The molecule has 0 radical (unpaired) electrons. The highest BCUT2D eigenvalue weighted by Crippen LogP contribution is 2.34. The van der Waals surface area contributed by atoms with Crippen molar-refractivity contribution in [2.45, 2.75) is 18.7 Å². The summed E-state index contributed by atoms with van der Waals surface area (Å²) in [5.74, 6) is -0.685.